The third-order valence-electron chi connectivity index (χ3n) is 1.32. The van der Waals surface area contributed by atoms with E-state index in [1.165, 1.54) is 0 Å². The van der Waals surface area contributed by atoms with Gasteiger partial charge >= 0.3 is 0 Å². The highest BCUT2D eigenvalue weighted by Crippen LogP contribution is 1.98. The Morgan fingerprint density at radius 3 is 2.92 bits per heavy atom. The lowest BCUT2D eigenvalue weighted by molar-refractivity contribution is -0.108. The molecule has 0 amide bonds. The number of aldehydes is 1. The second-order valence-corrected chi connectivity index (χ2v) is 3.67. The molecule has 1 aromatic rings. The smallest absolute Gasteiger partial charge is 0.144 e. The van der Waals surface area contributed by atoms with Gasteiger partial charge in [-0.15, -0.1) is 0 Å². The molecular formula is C8H10N2O2S. The lowest BCUT2D eigenvalue weighted by Gasteiger charge is -2.04. The summed E-state index contributed by atoms with van der Waals surface area (Å²) < 4.78 is 14.0. The molecule has 4 nitrogen and oxygen atoms in total. The van der Waals surface area contributed by atoms with E-state index in [1.807, 2.05) is 0 Å². The van der Waals surface area contributed by atoms with E-state index in [1.54, 1.807) is 31.3 Å². The topological polar surface area (TPSA) is 59.1 Å². The Kier molecular flexibility index (Phi) is 3.72. The minimum atomic E-state index is -1.41. The van der Waals surface area contributed by atoms with Crippen LogP contribution in [0.5, 0.6) is 0 Å². The molecule has 0 aromatic carbocycles. The number of nitrogens with zero attached hydrogens (tertiary/aromatic N) is 1. The third kappa shape index (κ3) is 3.04. The predicted molar refractivity (Wildman–Crippen MR) is 49.3 cm³/mol. The summed E-state index contributed by atoms with van der Waals surface area (Å²) in [5.41, 5.74) is 0. The number of hydrogen-bond acceptors (Lipinski definition) is 3. The largest absolute Gasteiger partial charge is 0.302 e. The molecule has 0 saturated heterocycles. The summed E-state index contributed by atoms with van der Waals surface area (Å²) in [6.07, 6.45) is 2.25. The van der Waals surface area contributed by atoms with E-state index in [0.29, 0.717) is 11.3 Å². The van der Waals surface area contributed by atoms with Crippen molar-refractivity contribution < 1.29 is 9.00 Å². The van der Waals surface area contributed by atoms with Crippen LogP contribution in [0.4, 0.5) is 0 Å². The van der Waals surface area contributed by atoms with Crippen LogP contribution in [0.15, 0.2) is 29.4 Å². The summed E-state index contributed by atoms with van der Waals surface area (Å²) in [4.78, 5) is 14.1. The van der Waals surface area contributed by atoms with E-state index in [2.05, 4.69) is 9.71 Å². The molecule has 0 fully saturated rings. The van der Waals surface area contributed by atoms with Gasteiger partial charge in [-0.25, -0.2) is 13.9 Å². The quantitative estimate of drug-likeness (QED) is 0.707. The average molecular weight is 198 g/mol. The van der Waals surface area contributed by atoms with E-state index in [-0.39, 0.29) is 0 Å². The molecule has 2 atom stereocenters. The van der Waals surface area contributed by atoms with Crippen molar-refractivity contribution in [2.45, 2.75) is 18.0 Å². The lowest BCUT2D eigenvalue weighted by atomic mass is 10.4. The molecule has 0 radical (unpaired) electrons. The molecule has 0 bridgehead atoms. The number of rotatable bonds is 4. The number of carbonyl (C=O) groups is 1. The maximum Gasteiger partial charge on any atom is 0.144 e. The van der Waals surface area contributed by atoms with Crippen LogP contribution in [0.1, 0.15) is 6.92 Å². The second-order valence-electron chi connectivity index (χ2n) is 2.48. The third-order valence-corrected chi connectivity index (χ3v) is 2.53. The van der Waals surface area contributed by atoms with Gasteiger partial charge in [0, 0.05) is 6.20 Å². The van der Waals surface area contributed by atoms with Gasteiger partial charge in [0.25, 0.3) is 0 Å². The van der Waals surface area contributed by atoms with Crippen LogP contribution in [0.3, 0.4) is 0 Å². The second kappa shape index (κ2) is 4.84. The molecule has 0 spiro atoms. The number of aromatic nitrogens is 1. The minimum absolute atomic E-state index is 0.427. The van der Waals surface area contributed by atoms with Crippen LogP contribution in [0.2, 0.25) is 0 Å². The molecule has 0 aliphatic carbocycles. The first-order valence-electron chi connectivity index (χ1n) is 3.78. The number of hydrogen-bond donors (Lipinski definition) is 1. The summed E-state index contributed by atoms with van der Waals surface area (Å²) in [7, 11) is -1.41. The molecule has 0 aliphatic heterocycles. The molecule has 2 unspecified atom stereocenters. The fourth-order valence-corrected chi connectivity index (χ4v) is 1.59. The Bertz CT molecular complexity index is 302. The summed E-state index contributed by atoms with van der Waals surface area (Å²) in [5.74, 6) is 0. The number of pyridine rings is 1. The molecular weight excluding hydrogens is 188 g/mol. The van der Waals surface area contributed by atoms with E-state index in [4.69, 9.17) is 0 Å². The maximum atomic E-state index is 11.4. The summed E-state index contributed by atoms with van der Waals surface area (Å²) >= 11 is 0. The minimum Gasteiger partial charge on any atom is -0.302 e. The van der Waals surface area contributed by atoms with Crippen LogP contribution in [0, 0.1) is 0 Å². The van der Waals surface area contributed by atoms with Crippen LogP contribution < -0.4 is 4.72 Å². The zero-order valence-electron chi connectivity index (χ0n) is 7.14. The Balaban J connectivity index is 2.64. The fraction of sp³-hybridized carbons (Fsp3) is 0.250. The highest BCUT2D eigenvalue weighted by Gasteiger charge is 2.07. The van der Waals surface area contributed by atoms with Gasteiger partial charge in [-0.3, -0.25) is 0 Å². The molecule has 5 heteroatoms. The number of nitrogens with one attached hydrogen (secondary N) is 1. The monoisotopic (exact) mass is 198 g/mol. The Labute approximate surface area is 79.0 Å². The zero-order valence-corrected chi connectivity index (χ0v) is 7.95. The standard InChI is InChI=1S/C8H10N2O2S/c1-7(6-11)10-13(12)8-4-2-3-5-9-8/h2-7,10H,1H3. The first-order valence-corrected chi connectivity index (χ1v) is 4.93. The highest BCUT2D eigenvalue weighted by molar-refractivity contribution is 7.83. The van der Waals surface area contributed by atoms with Crippen LogP contribution in [-0.2, 0) is 15.8 Å². The van der Waals surface area contributed by atoms with Crippen molar-refractivity contribution in [2.75, 3.05) is 0 Å². The molecule has 70 valence electrons. The molecule has 1 N–H and O–H groups in total. The zero-order chi connectivity index (χ0) is 9.68. The van der Waals surface area contributed by atoms with Gasteiger partial charge in [0.15, 0.2) is 0 Å². The average Bonchev–Trinajstić information content (AvgIpc) is 2.19. The van der Waals surface area contributed by atoms with Gasteiger partial charge in [0.2, 0.25) is 0 Å². The predicted octanol–water partition coefficient (Wildman–Crippen LogP) is 0.281. The summed E-state index contributed by atoms with van der Waals surface area (Å²) in [6, 6.07) is 4.70. The Hall–Kier alpha value is -1.07. The summed E-state index contributed by atoms with van der Waals surface area (Å²) in [6.45, 7) is 1.63. The van der Waals surface area contributed by atoms with E-state index in [9.17, 15) is 9.00 Å². The summed E-state index contributed by atoms with van der Waals surface area (Å²) in [5, 5.41) is 0.427. The van der Waals surface area contributed by atoms with Crippen molar-refractivity contribution in [2.24, 2.45) is 0 Å². The van der Waals surface area contributed by atoms with E-state index >= 15 is 0 Å². The van der Waals surface area contributed by atoms with Gasteiger partial charge in [0.1, 0.15) is 22.3 Å². The van der Waals surface area contributed by atoms with Crippen molar-refractivity contribution in [1.82, 2.24) is 9.71 Å². The van der Waals surface area contributed by atoms with Gasteiger partial charge < -0.3 is 4.79 Å². The van der Waals surface area contributed by atoms with Gasteiger partial charge in [0.05, 0.1) is 6.04 Å². The van der Waals surface area contributed by atoms with Crippen molar-refractivity contribution in [3.63, 3.8) is 0 Å². The normalized spacial score (nSPS) is 14.8. The van der Waals surface area contributed by atoms with E-state index in [0.717, 1.165) is 0 Å². The Morgan fingerprint density at radius 2 is 2.38 bits per heavy atom. The number of carbonyl (C=O) groups excluding carboxylic acids is 1. The molecule has 1 aromatic heterocycles. The fourth-order valence-electron chi connectivity index (χ4n) is 0.714. The SMILES string of the molecule is CC(C=O)NS(=O)c1ccccn1. The molecule has 13 heavy (non-hydrogen) atoms. The first-order chi connectivity index (χ1) is 6.24. The maximum absolute atomic E-state index is 11.4. The molecule has 1 rings (SSSR count). The van der Waals surface area contributed by atoms with Crippen molar-refractivity contribution in [3.8, 4) is 0 Å². The van der Waals surface area contributed by atoms with Gasteiger partial charge in [-0.05, 0) is 19.1 Å². The molecule has 0 saturated carbocycles. The van der Waals surface area contributed by atoms with Crippen molar-refractivity contribution in [3.05, 3.63) is 24.4 Å². The van der Waals surface area contributed by atoms with Crippen molar-refractivity contribution in [1.29, 1.82) is 0 Å². The lowest BCUT2D eigenvalue weighted by Crippen LogP contribution is -2.29. The van der Waals surface area contributed by atoms with E-state index < -0.39 is 17.0 Å². The molecule has 1 heterocycles. The van der Waals surface area contributed by atoms with Crippen molar-refractivity contribution >= 4 is 17.3 Å². The Morgan fingerprint density at radius 1 is 1.62 bits per heavy atom. The van der Waals surface area contributed by atoms with Gasteiger partial charge in [-0.2, -0.15) is 0 Å². The van der Waals surface area contributed by atoms with Crippen LogP contribution >= 0.6 is 0 Å². The molecule has 0 aliphatic rings. The van der Waals surface area contributed by atoms with Crippen LogP contribution in [0.25, 0.3) is 0 Å². The first kappa shape index (κ1) is 10.0. The van der Waals surface area contributed by atoms with Gasteiger partial charge in [-0.1, -0.05) is 6.07 Å². The highest BCUT2D eigenvalue weighted by atomic mass is 32.2. The van der Waals surface area contributed by atoms with Crippen LogP contribution in [-0.4, -0.2) is 21.5 Å².